The Labute approximate surface area is 138 Å². The number of carboxylic acids is 1. The molecule has 1 N–H and O–H groups in total. The first-order valence-corrected chi connectivity index (χ1v) is 7.55. The molecule has 1 aromatic carbocycles. The minimum Gasteiger partial charge on any atom is -0.493 e. The molecule has 0 spiro atoms. The summed E-state index contributed by atoms with van der Waals surface area (Å²) in [5, 5.41) is 19.3. The molecule has 1 aromatic rings. The van der Waals surface area contributed by atoms with Crippen LogP contribution in [0.5, 0.6) is 5.75 Å². The van der Waals surface area contributed by atoms with Gasteiger partial charge in [-0.2, -0.15) is 0 Å². The van der Waals surface area contributed by atoms with E-state index < -0.39 is 10.9 Å². The van der Waals surface area contributed by atoms with Crippen molar-refractivity contribution in [2.45, 2.75) is 6.42 Å². The summed E-state index contributed by atoms with van der Waals surface area (Å²) < 4.78 is 5.42. The summed E-state index contributed by atoms with van der Waals surface area (Å²) in [6.45, 7) is 2.27. The molecule has 0 atom stereocenters. The van der Waals surface area contributed by atoms with Crippen molar-refractivity contribution < 1.29 is 24.4 Å². The van der Waals surface area contributed by atoms with E-state index in [9.17, 15) is 19.7 Å². The SMILES string of the molecule is O=C(O)CN1CCN(C(=O)CCOc2ccc([N+](=O)[O-])cc2)CC1. The van der Waals surface area contributed by atoms with Crippen LogP contribution in [-0.2, 0) is 9.59 Å². The van der Waals surface area contributed by atoms with E-state index in [0.29, 0.717) is 31.9 Å². The number of carbonyl (C=O) groups is 2. The van der Waals surface area contributed by atoms with Gasteiger partial charge in [0.1, 0.15) is 5.75 Å². The van der Waals surface area contributed by atoms with E-state index in [-0.39, 0.29) is 31.2 Å². The van der Waals surface area contributed by atoms with Gasteiger partial charge in [0.15, 0.2) is 0 Å². The second kappa shape index (κ2) is 8.25. The number of carboxylic acid groups (broad SMARTS) is 1. The molecular weight excluding hydrogens is 318 g/mol. The van der Waals surface area contributed by atoms with Crippen molar-refractivity contribution in [3.05, 3.63) is 34.4 Å². The predicted octanol–water partition coefficient (Wildman–Crippen LogP) is 0.592. The van der Waals surface area contributed by atoms with Crippen molar-refractivity contribution >= 4 is 17.6 Å². The molecule has 1 aliphatic rings. The minimum absolute atomic E-state index is 0.00865. The first kappa shape index (κ1) is 17.7. The van der Waals surface area contributed by atoms with Gasteiger partial charge in [0.25, 0.3) is 5.69 Å². The molecule has 1 amide bonds. The topological polar surface area (TPSA) is 113 Å². The van der Waals surface area contributed by atoms with Gasteiger partial charge in [0, 0.05) is 38.3 Å². The van der Waals surface area contributed by atoms with E-state index >= 15 is 0 Å². The van der Waals surface area contributed by atoms with Crippen molar-refractivity contribution in [1.82, 2.24) is 9.80 Å². The van der Waals surface area contributed by atoms with Crippen LogP contribution >= 0.6 is 0 Å². The molecule has 0 aliphatic carbocycles. The fraction of sp³-hybridized carbons (Fsp3) is 0.467. The molecule has 1 heterocycles. The number of nitro groups is 1. The van der Waals surface area contributed by atoms with Crippen molar-refractivity contribution in [2.24, 2.45) is 0 Å². The quantitative estimate of drug-likeness (QED) is 0.572. The summed E-state index contributed by atoms with van der Waals surface area (Å²) in [5.41, 5.74) is -0.0161. The van der Waals surface area contributed by atoms with Crippen LogP contribution in [0.25, 0.3) is 0 Å². The van der Waals surface area contributed by atoms with Crippen molar-refractivity contribution in [1.29, 1.82) is 0 Å². The van der Waals surface area contributed by atoms with E-state index in [2.05, 4.69) is 0 Å². The summed E-state index contributed by atoms with van der Waals surface area (Å²) in [4.78, 5) is 36.3. The van der Waals surface area contributed by atoms with Crippen LogP contribution in [0, 0.1) is 10.1 Å². The largest absolute Gasteiger partial charge is 0.493 e. The fourth-order valence-electron chi connectivity index (χ4n) is 2.43. The number of aliphatic carboxylic acids is 1. The normalized spacial score (nSPS) is 15.1. The molecule has 1 fully saturated rings. The molecule has 1 aliphatic heterocycles. The third-order valence-corrected chi connectivity index (χ3v) is 3.72. The van der Waals surface area contributed by atoms with Gasteiger partial charge < -0.3 is 14.7 Å². The van der Waals surface area contributed by atoms with E-state index in [1.165, 1.54) is 24.3 Å². The maximum atomic E-state index is 12.1. The van der Waals surface area contributed by atoms with Gasteiger partial charge in [0.2, 0.25) is 5.91 Å². The zero-order valence-electron chi connectivity index (χ0n) is 13.1. The van der Waals surface area contributed by atoms with E-state index in [1.54, 1.807) is 9.80 Å². The second-order valence-corrected chi connectivity index (χ2v) is 5.40. The minimum atomic E-state index is -0.869. The first-order valence-electron chi connectivity index (χ1n) is 7.55. The molecule has 0 radical (unpaired) electrons. The molecule has 0 bridgehead atoms. The Morgan fingerprint density at radius 2 is 1.79 bits per heavy atom. The molecule has 24 heavy (non-hydrogen) atoms. The summed E-state index contributed by atoms with van der Waals surface area (Å²) in [6, 6.07) is 5.68. The molecule has 0 aromatic heterocycles. The lowest BCUT2D eigenvalue weighted by molar-refractivity contribution is -0.384. The van der Waals surface area contributed by atoms with Gasteiger partial charge in [-0.05, 0) is 12.1 Å². The molecule has 0 unspecified atom stereocenters. The van der Waals surface area contributed by atoms with Crippen LogP contribution in [-0.4, -0.2) is 71.0 Å². The lowest BCUT2D eigenvalue weighted by atomic mass is 10.2. The number of ether oxygens (including phenoxy) is 1. The summed E-state index contributed by atoms with van der Waals surface area (Å²) in [5.74, 6) is -0.446. The highest BCUT2D eigenvalue weighted by Gasteiger charge is 2.22. The third-order valence-electron chi connectivity index (χ3n) is 3.72. The highest BCUT2D eigenvalue weighted by atomic mass is 16.6. The van der Waals surface area contributed by atoms with Gasteiger partial charge in [-0.15, -0.1) is 0 Å². The Bertz CT molecular complexity index is 596. The van der Waals surface area contributed by atoms with Crippen LogP contribution in [0.2, 0.25) is 0 Å². The Hall–Kier alpha value is -2.68. The number of non-ortho nitro benzene ring substituents is 1. The molecule has 1 saturated heterocycles. The molecular formula is C15H19N3O6. The third kappa shape index (κ3) is 5.20. The molecule has 130 valence electrons. The number of nitrogens with zero attached hydrogens (tertiary/aromatic N) is 3. The van der Waals surface area contributed by atoms with E-state index in [4.69, 9.17) is 9.84 Å². The molecule has 9 heteroatoms. The number of rotatable bonds is 7. The average Bonchev–Trinajstić information content (AvgIpc) is 2.55. The van der Waals surface area contributed by atoms with Crippen LogP contribution in [0.4, 0.5) is 5.69 Å². The maximum absolute atomic E-state index is 12.1. The molecule has 0 saturated carbocycles. The number of amides is 1. The lowest BCUT2D eigenvalue weighted by Crippen LogP contribution is -2.50. The number of nitro benzene ring substituents is 1. The number of carbonyl (C=O) groups excluding carboxylic acids is 1. The van der Waals surface area contributed by atoms with Crippen molar-refractivity contribution in [3.63, 3.8) is 0 Å². The smallest absolute Gasteiger partial charge is 0.317 e. The Morgan fingerprint density at radius 3 is 2.33 bits per heavy atom. The molecule has 2 rings (SSSR count). The molecule has 9 nitrogen and oxygen atoms in total. The number of hydrogen-bond donors (Lipinski definition) is 1. The van der Waals surface area contributed by atoms with Gasteiger partial charge in [-0.25, -0.2) is 0 Å². The van der Waals surface area contributed by atoms with E-state index in [1.807, 2.05) is 0 Å². The van der Waals surface area contributed by atoms with Crippen LogP contribution < -0.4 is 4.74 Å². The fourth-order valence-corrected chi connectivity index (χ4v) is 2.43. The summed E-state index contributed by atoms with van der Waals surface area (Å²) in [7, 11) is 0. The highest BCUT2D eigenvalue weighted by Crippen LogP contribution is 2.17. The van der Waals surface area contributed by atoms with E-state index in [0.717, 1.165) is 0 Å². The monoisotopic (exact) mass is 337 g/mol. The summed E-state index contributed by atoms with van der Waals surface area (Å²) in [6.07, 6.45) is 0.204. The van der Waals surface area contributed by atoms with Gasteiger partial charge in [0.05, 0.1) is 24.5 Å². The van der Waals surface area contributed by atoms with Crippen LogP contribution in [0.1, 0.15) is 6.42 Å². The van der Waals surface area contributed by atoms with Gasteiger partial charge >= 0.3 is 5.97 Å². The summed E-state index contributed by atoms with van der Waals surface area (Å²) >= 11 is 0. The number of hydrogen-bond acceptors (Lipinski definition) is 6. The number of benzene rings is 1. The van der Waals surface area contributed by atoms with Gasteiger partial charge in [-0.1, -0.05) is 0 Å². The Kier molecular flexibility index (Phi) is 6.07. The van der Waals surface area contributed by atoms with Crippen LogP contribution in [0.3, 0.4) is 0 Å². The van der Waals surface area contributed by atoms with Crippen LogP contribution in [0.15, 0.2) is 24.3 Å². The van der Waals surface area contributed by atoms with Gasteiger partial charge in [-0.3, -0.25) is 24.6 Å². The predicted molar refractivity (Wildman–Crippen MR) is 83.9 cm³/mol. The maximum Gasteiger partial charge on any atom is 0.317 e. The lowest BCUT2D eigenvalue weighted by Gasteiger charge is -2.33. The zero-order valence-corrected chi connectivity index (χ0v) is 13.1. The first-order chi connectivity index (χ1) is 11.5. The Morgan fingerprint density at radius 1 is 1.17 bits per heavy atom. The standard InChI is InChI=1S/C15H19N3O6/c19-14(17-8-6-16(7-9-17)11-15(20)21)5-10-24-13-3-1-12(2-4-13)18(22)23/h1-4H,5-11H2,(H,20,21). The second-order valence-electron chi connectivity index (χ2n) is 5.40. The van der Waals surface area contributed by atoms with Crippen molar-refractivity contribution in [3.8, 4) is 5.75 Å². The average molecular weight is 337 g/mol. The Balaban J connectivity index is 1.70. The van der Waals surface area contributed by atoms with Crippen molar-refractivity contribution in [2.75, 3.05) is 39.3 Å². The number of piperazine rings is 1. The highest BCUT2D eigenvalue weighted by molar-refractivity contribution is 5.76. The zero-order chi connectivity index (χ0) is 17.5.